The van der Waals surface area contributed by atoms with Gasteiger partial charge in [0.15, 0.2) is 5.78 Å². The molecule has 21 heavy (non-hydrogen) atoms. The molecular formula is C16H21N3O2. The van der Waals surface area contributed by atoms with E-state index >= 15 is 0 Å². The van der Waals surface area contributed by atoms with Crippen molar-refractivity contribution >= 4 is 22.9 Å². The van der Waals surface area contributed by atoms with Gasteiger partial charge in [-0.05, 0) is 39.3 Å². The number of aromatic amines is 1. The molecule has 5 heteroatoms. The summed E-state index contributed by atoms with van der Waals surface area (Å²) >= 11 is 0. The summed E-state index contributed by atoms with van der Waals surface area (Å²) in [5, 5.41) is 0.799. The van der Waals surface area contributed by atoms with E-state index in [9.17, 15) is 4.79 Å². The SMILES string of the molecule is CCCC(=O)/C=C/c1c[nH]c2ncnc(OC(C)(C)C)c12. The van der Waals surface area contributed by atoms with Crippen LogP contribution in [0.1, 0.15) is 46.1 Å². The molecule has 0 fully saturated rings. The molecule has 0 unspecified atom stereocenters. The maximum absolute atomic E-state index is 11.6. The summed E-state index contributed by atoms with van der Waals surface area (Å²) in [6.45, 7) is 7.89. The predicted octanol–water partition coefficient (Wildman–Crippen LogP) is 3.52. The number of H-pyrrole nitrogens is 1. The van der Waals surface area contributed by atoms with Gasteiger partial charge < -0.3 is 9.72 Å². The van der Waals surface area contributed by atoms with Gasteiger partial charge in [-0.15, -0.1) is 0 Å². The molecule has 2 heterocycles. The van der Waals surface area contributed by atoms with Crippen molar-refractivity contribution in [2.45, 2.75) is 46.1 Å². The van der Waals surface area contributed by atoms with E-state index in [1.165, 1.54) is 6.33 Å². The molecule has 0 aliphatic heterocycles. The number of ketones is 1. The van der Waals surface area contributed by atoms with Gasteiger partial charge in [-0.3, -0.25) is 4.79 Å². The first kappa shape index (κ1) is 15.2. The van der Waals surface area contributed by atoms with Crippen LogP contribution in [0.5, 0.6) is 5.88 Å². The first-order valence-electron chi connectivity index (χ1n) is 7.12. The van der Waals surface area contributed by atoms with Crippen molar-refractivity contribution in [3.05, 3.63) is 24.2 Å². The second-order valence-corrected chi connectivity index (χ2v) is 5.91. The molecule has 2 aromatic rings. The number of fused-ring (bicyclic) bond motifs is 1. The van der Waals surface area contributed by atoms with Crippen LogP contribution in [-0.4, -0.2) is 26.3 Å². The van der Waals surface area contributed by atoms with E-state index in [0.717, 1.165) is 17.4 Å². The summed E-state index contributed by atoms with van der Waals surface area (Å²) in [6.07, 6.45) is 8.06. The van der Waals surface area contributed by atoms with Crippen LogP contribution in [0, 0.1) is 0 Å². The van der Waals surface area contributed by atoms with E-state index in [1.807, 2.05) is 33.9 Å². The normalized spacial score (nSPS) is 12.2. The Bertz CT molecular complexity index is 666. The van der Waals surface area contributed by atoms with Crippen LogP contribution in [0.3, 0.4) is 0 Å². The largest absolute Gasteiger partial charge is 0.471 e. The average molecular weight is 287 g/mol. The minimum absolute atomic E-state index is 0.113. The molecule has 0 spiro atoms. The highest BCUT2D eigenvalue weighted by Gasteiger charge is 2.17. The van der Waals surface area contributed by atoms with Crippen molar-refractivity contribution in [1.29, 1.82) is 0 Å². The molecular weight excluding hydrogens is 266 g/mol. The fourth-order valence-corrected chi connectivity index (χ4v) is 1.97. The highest BCUT2D eigenvalue weighted by Crippen LogP contribution is 2.28. The Hall–Kier alpha value is -2.17. The first-order chi connectivity index (χ1) is 9.90. The highest BCUT2D eigenvalue weighted by atomic mass is 16.5. The van der Waals surface area contributed by atoms with Gasteiger partial charge in [0, 0.05) is 18.2 Å². The lowest BCUT2D eigenvalue weighted by Gasteiger charge is -2.20. The second-order valence-electron chi connectivity index (χ2n) is 5.91. The average Bonchev–Trinajstić information content (AvgIpc) is 2.79. The Morgan fingerprint density at radius 3 is 2.81 bits per heavy atom. The summed E-state index contributed by atoms with van der Waals surface area (Å²) in [6, 6.07) is 0. The van der Waals surface area contributed by atoms with Crippen molar-refractivity contribution in [2.24, 2.45) is 0 Å². The van der Waals surface area contributed by atoms with Crippen molar-refractivity contribution in [3.8, 4) is 5.88 Å². The fourth-order valence-electron chi connectivity index (χ4n) is 1.97. The van der Waals surface area contributed by atoms with E-state index in [-0.39, 0.29) is 11.4 Å². The lowest BCUT2D eigenvalue weighted by Crippen LogP contribution is -2.23. The van der Waals surface area contributed by atoms with Crippen LogP contribution in [0.4, 0.5) is 0 Å². The summed E-state index contributed by atoms with van der Waals surface area (Å²) in [7, 11) is 0. The van der Waals surface area contributed by atoms with Gasteiger partial charge in [-0.25, -0.2) is 9.97 Å². The summed E-state index contributed by atoms with van der Waals surface area (Å²) in [4.78, 5) is 23.1. The molecule has 2 rings (SSSR count). The van der Waals surface area contributed by atoms with Crippen molar-refractivity contribution in [1.82, 2.24) is 15.0 Å². The molecule has 0 saturated carbocycles. The van der Waals surface area contributed by atoms with Crippen LogP contribution in [0.15, 0.2) is 18.6 Å². The summed E-state index contributed by atoms with van der Waals surface area (Å²) in [5.74, 6) is 0.637. The van der Waals surface area contributed by atoms with Crippen LogP contribution in [0.2, 0.25) is 0 Å². The number of nitrogens with zero attached hydrogens (tertiary/aromatic N) is 2. The number of hydrogen-bond donors (Lipinski definition) is 1. The molecule has 112 valence electrons. The number of carbonyl (C=O) groups is 1. The molecule has 5 nitrogen and oxygen atoms in total. The lowest BCUT2D eigenvalue weighted by molar-refractivity contribution is -0.114. The van der Waals surface area contributed by atoms with E-state index in [0.29, 0.717) is 17.9 Å². The predicted molar refractivity (Wildman–Crippen MR) is 83.2 cm³/mol. The van der Waals surface area contributed by atoms with Gasteiger partial charge in [-0.2, -0.15) is 0 Å². The van der Waals surface area contributed by atoms with E-state index in [2.05, 4.69) is 15.0 Å². The molecule has 2 aromatic heterocycles. The third-order valence-electron chi connectivity index (χ3n) is 2.81. The number of rotatable bonds is 5. The zero-order valence-electron chi connectivity index (χ0n) is 12.9. The summed E-state index contributed by atoms with van der Waals surface area (Å²) in [5.41, 5.74) is 1.21. The number of nitrogens with one attached hydrogen (secondary N) is 1. The molecule has 0 radical (unpaired) electrons. The molecule has 0 aliphatic rings. The number of ether oxygens (including phenoxy) is 1. The van der Waals surface area contributed by atoms with Crippen LogP contribution in [-0.2, 0) is 4.79 Å². The Morgan fingerprint density at radius 2 is 2.14 bits per heavy atom. The van der Waals surface area contributed by atoms with Gasteiger partial charge in [0.1, 0.15) is 17.6 Å². The zero-order chi connectivity index (χ0) is 15.5. The van der Waals surface area contributed by atoms with E-state index in [1.54, 1.807) is 12.2 Å². The highest BCUT2D eigenvalue weighted by molar-refractivity contribution is 5.97. The van der Waals surface area contributed by atoms with Crippen molar-refractivity contribution < 1.29 is 9.53 Å². The first-order valence-corrected chi connectivity index (χ1v) is 7.12. The third kappa shape index (κ3) is 3.90. The van der Waals surface area contributed by atoms with Gasteiger partial charge in [0.2, 0.25) is 5.88 Å². The third-order valence-corrected chi connectivity index (χ3v) is 2.81. The monoisotopic (exact) mass is 287 g/mol. The number of allylic oxidation sites excluding steroid dienone is 1. The van der Waals surface area contributed by atoms with E-state index in [4.69, 9.17) is 4.74 Å². The Balaban J connectivity index is 2.39. The topological polar surface area (TPSA) is 67.9 Å². The number of hydrogen-bond acceptors (Lipinski definition) is 4. The molecule has 0 atom stereocenters. The Morgan fingerprint density at radius 1 is 1.38 bits per heavy atom. The van der Waals surface area contributed by atoms with Gasteiger partial charge >= 0.3 is 0 Å². The summed E-state index contributed by atoms with van der Waals surface area (Å²) < 4.78 is 5.88. The van der Waals surface area contributed by atoms with E-state index < -0.39 is 0 Å². The fraction of sp³-hybridized carbons (Fsp3) is 0.438. The molecule has 0 saturated heterocycles. The lowest BCUT2D eigenvalue weighted by atomic mass is 10.1. The van der Waals surface area contributed by atoms with Crippen LogP contribution >= 0.6 is 0 Å². The maximum atomic E-state index is 11.6. The number of carbonyl (C=O) groups excluding carboxylic acids is 1. The smallest absolute Gasteiger partial charge is 0.227 e. The molecule has 0 aromatic carbocycles. The quantitative estimate of drug-likeness (QED) is 0.854. The van der Waals surface area contributed by atoms with Gasteiger partial charge in [0.05, 0.1) is 5.39 Å². The minimum atomic E-state index is -0.350. The Kier molecular flexibility index (Phi) is 4.40. The minimum Gasteiger partial charge on any atom is -0.471 e. The van der Waals surface area contributed by atoms with Crippen LogP contribution < -0.4 is 4.74 Å². The second kappa shape index (κ2) is 6.08. The molecule has 0 bridgehead atoms. The Labute approximate surface area is 124 Å². The molecule has 0 amide bonds. The van der Waals surface area contributed by atoms with Gasteiger partial charge in [0.25, 0.3) is 0 Å². The van der Waals surface area contributed by atoms with Gasteiger partial charge in [-0.1, -0.05) is 6.92 Å². The van der Waals surface area contributed by atoms with Crippen LogP contribution in [0.25, 0.3) is 17.1 Å². The standard InChI is InChI=1S/C16H21N3O2/c1-5-6-12(20)8-7-11-9-17-14-13(11)15(19-10-18-14)21-16(2,3)4/h7-10H,5-6H2,1-4H3,(H,17,18,19)/b8-7+. The maximum Gasteiger partial charge on any atom is 0.227 e. The van der Waals surface area contributed by atoms with Crippen molar-refractivity contribution in [2.75, 3.05) is 0 Å². The number of aromatic nitrogens is 3. The van der Waals surface area contributed by atoms with Crippen molar-refractivity contribution in [3.63, 3.8) is 0 Å². The molecule has 0 aliphatic carbocycles. The zero-order valence-corrected chi connectivity index (χ0v) is 12.9. The molecule has 1 N–H and O–H groups in total.